The quantitative estimate of drug-likeness (QED) is 0.326. The number of carboxylic acids is 1. The number of carbonyl (C=O) groups is 2. The van der Waals surface area contributed by atoms with Gasteiger partial charge in [-0.3, -0.25) is 9.69 Å². The summed E-state index contributed by atoms with van der Waals surface area (Å²) in [5.41, 5.74) is 0. The molecule has 0 radical (unpaired) electrons. The topological polar surface area (TPSA) is 82.2 Å². The van der Waals surface area contributed by atoms with Crippen molar-refractivity contribution in [3.8, 4) is 0 Å². The Morgan fingerprint density at radius 2 is 1.91 bits per heavy atom. The number of carboxylic acid groups (broad SMARTS) is 1. The third-order valence-corrected chi connectivity index (χ3v) is 4.52. The van der Waals surface area contributed by atoms with Crippen molar-refractivity contribution >= 4 is 11.9 Å². The molecule has 0 aliphatic carbocycles. The van der Waals surface area contributed by atoms with Gasteiger partial charge in [-0.1, -0.05) is 46.5 Å². The van der Waals surface area contributed by atoms with Crippen LogP contribution in [0.2, 0.25) is 0 Å². The first-order valence-electron chi connectivity index (χ1n) is 8.79. The minimum Gasteiger partial charge on any atom is -0.479 e. The number of amides is 1. The minimum atomic E-state index is -1.07. The predicted octanol–water partition coefficient (Wildman–Crippen LogP) is 2.23. The first-order chi connectivity index (χ1) is 10.9. The van der Waals surface area contributed by atoms with Crippen LogP contribution in [-0.4, -0.2) is 53.8 Å². The fourth-order valence-corrected chi connectivity index (χ4v) is 2.59. The molecule has 0 saturated carbocycles. The maximum Gasteiger partial charge on any atom is 0.336 e. The Morgan fingerprint density at radius 1 is 1.22 bits per heavy atom. The molecule has 6 nitrogen and oxygen atoms in total. The van der Waals surface area contributed by atoms with Gasteiger partial charge < -0.3 is 15.2 Å². The largest absolute Gasteiger partial charge is 0.479 e. The van der Waals surface area contributed by atoms with Crippen LogP contribution in [0.5, 0.6) is 0 Å². The number of hydrogen-bond donors (Lipinski definition) is 2. The molecule has 1 aliphatic rings. The van der Waals surface area contributed by atoms with Gasteiger partial charge in [-0.25, -0.2) is 4.79 Å². The van der Waals surface area contributed by atoms with Crippen LogP contribution >= 0.6 is 0 Å². The van der Waals surface area contributed by atoms with E-state index in [1.54, 1.807) is 0 Å². The van der Waals surface area contributed by atoms with Gasteiger partial charge in [-0.2, -0.15) is 0 Å². The number of ether oxygens (including phenoxy) is 1. The Hall–Kier alpha value is -1.14. The van der Waals surface area contributed by atoms with Crippen molar-refractivity contribution < 1.29 is 19.4 Å². The van der Waals surface area contributed by atoms with Crippen molar-refractivity contribution in [1.29, 1.82) is 0 Å². The molecule has 1 unspecified atom stereocenters. The van der Waals surface area contributed by atoms with Gasteiger partial charge in [0.25, 0.3) is 5.91 Å². The lowest BCUT2D eigenvalue weighted by Gasteiger charge is -2.30. The smallest absolute Gasteiger partial charge is 0.336 e. The van der Waals surface area contributed by atoms with Crippen LogP contribution in [0.25, 0.3) is 0 Å². The van der Waals surface area contributed by atoms with Gasteiger partial charge in [0.05, 0.1) is 6.17 Å². The maximum atomic E-state index is 12.2. The molecule has 2 N–H and O–H groups in total. The summed E-state index contributed by atoms with van der Waals surface area (Å²) in [5, 5.41) is 11.8. The zero-order valence-electron chi connectivity index (χ0n) is 14.9. The standard InChI is InChI=1S/C17H32N2O4/c1-5-7-8-9-10-19(4)13(11-12(3)6-2)18-16(20)14-15(23-14)17(21)22/h12-15H,5-11H2,1-4H3,(H,18,20)(H,21,22)/t12-,13?,14-,15-/m0/s1. The lowest BCUT2D eigenvalue weighted by atomic mass is 10.0. The minimum absolute atomic E-state index is 0.0716. The Bertz CT molecular complexity index is 389. The number of nitrogens with one attached hydrogen (secondary N) is 1. The van der Waals surface area contributed by atoms with Crippen molar-refractivity contribution in [3.05, 3.63) is 0 Å². The third kappa shape index (κ3) is 6.87. The zero-order chi connectivity index (χ0) is 17.4. The normalized spacial score (nSPS) is 22.7. The van der Waals surface area contributed by atoms with E-state index in [2.05, 4.69) is 31.0 Å². The number of aliphatic carboxylic acids is 1. The van der Waals surface area contributed by atoms with Gasteiger partial charge in [-0.05, 0) is 32.4 Å². The summed E-state index contributed by atoms with van der Waals surface area (Å²) in [6.45, 7) is 7.41. The van der Waals surface area contributed by atoms with Crippen LogP contribution in [0.1, 0.15) is 59.3 Å². The highest BCUT2D eigenvalue weighted by Gasteiger charge is 2.51. The molecule has 0 spiro atoms. The molecule has 0 aromatic heterocycles. The predicted molar refractivity (Wildman–Crippen MR) is 89.1 cm³/mol. The van der Waals surface area contributed by atoms with Gasteiger partial charge >= 0.3 is 5.97 Å². The van der Waals surface area contributed by atoms with E-state index in [1.165, 1.54) is 19.3 Å². The van der Waals surface area contributed by atoms with Crippen LogP contribution in [-0.2, 0) is 14.3 Å². The first kappa shape index (κ1) is 19.9. The molecule has 0 aromatic carbocycles. The van der Waals surface area contributed by atoms with E-state index in [1.807, 2.05) is 7.05 Å². The van der Waals surface area contributed by atoms with Crippen LogP contribution in [0.4, 0.5) is 0 Å². The molecule has 0 aromatic rings. The fourth-order valence-electron chi connectivity index (χ4n) is 2.59. The number of carbonyl (C=O) groups excluding carboxylic acids is 1. The number of nitrogens with zero attached hydrogens (tertiary/aromatic N) is 1. The molecular formula is C17H32N2O4. The van der Waals surface area contributed by atoms with Crippen LogP contribution in [0.15, 0.2) is 0 Å². The zero-order valence-corrected chi connectivity index (χ0v) is 14.9. The number of rotatable bonds is 12. The summed E-state index contributed by atoms with van der Waals surface area (Å²) in [6, 6.07) is 0. The van der Waals surface area contributed by atoms with Crippen molar-refractivity contribution in [1.82, 2.24) is 10.2 Å². The second-order valence-corrected chi connectivity index (χ2v) is 6.63. The average Bonchev–Trinajstić information content (AvgIpc) is 3.31. The Balaban J connectivity index is 2.50. The highest BCUT2D eigenvalue weighted by Crippen LogP contribution is 2.23. The van der Waals surface area contributed by atoms with Crippen LogP contribution < -0.4 is 5.32 Å². The van der Waals surface area contributed by atoms with Gasteiger partial charge in [0, 0.05) is 0 Å². The molecule has 0 bridgehead atoms. The maximum absolute atomic E-state index is 12.2. The van der Waals surface area contributed by atoms with E-state index in [9.17, 15) is 9.59 Å². The summed E-state index contributed by atoms with van der Waals surface area (Å²) in [4.78, 5) is 25.1. The first-order valence-corrected chi connectivity index (χ1v) is 8.79. The molecule has 6 heteroatoms. The fraction of sp³-hybridized carbons (Fsp3) is 0.882. The van der Waals surface area contributed by atoms with Crippen molar-refractivity contribution in [3.63, 3.8) is 0 Å². The number of hydrogen-bond acceptors (Lipinski definition) is 4. The third-order valence-electron chi connectivity index (χ3n) is 4.52. The number of epoxide rings is 1. The summed E-state index contributed by atoms with van der Waals surface area (Å²) in [6.07, 6.45) is 4.75. The molecular weight excluding hydrogens is 296 g/mol. The highest BCUT2D eigenvalue weighted by atomic mass is 16.6. The van der Waals surface area contributed by atoms with E-state index in [0.29, 0.717) is 5.92 Å². The van der Waals surface area contributed by atoms with Crippen LogP contribution in [0.3, 0.4) is 0 Å². The summed E-state index contributed by atoms with van der Waals surface area (Å²) in [5.74, 6) is -0.892. The van der Waals surface area contributed by atoms with Crippen molar-refractivity contribution in [2.75, 3.05) is 13.6 Å². The lowest BCUT2D eigenvalue weighted by molar-refractivity contribution is -0.138. The van der Waals surface area contributed by atoms with E-state index in [-0.39, 0.29) is 12.1 Å². The Labute approximate surface area is 139 Å². The van der Waals surface area contributed by atoms with Gasteiger partial charge in [0.15, 0.2) is 12.2 Å². The molecule has 1 heterocycles. The summed E-state index contributed by atoms with van der Waals surface area (Å²) >= 11 is 0. The molecule has 134 valence electrons. The van der Waals surface area contributed by atoms with Crippen molar-refractivity contribution in [2.24, 2.45) is 5.92 Å². The molecule has 1 saturated heterocycles. The monoisotopic (exact) mass is 328 g/mol. The summed E-state index contributed by atoms with van der Waals surface area (Å²) in [7, 11) is 2.02. The van der Waals surface area contributed by atoms with Gasteiger partial charge in [-0.15, -0.1) is 0 Å². The molecule has 23 heavy (non-hydrogen) atoms. The van der Waals surface area contributed by atoms with E-state index >= 15 is 0 Å². The molecule has 4 atom stereocenters. The number of unbranched alkanes of at least 4 members (excludes halogenated alkanes) is 3. The van der Waals surface area contributed by atoms with E-state index < -0.39 is 18.2 Å². The van der Waals surface area contributed by atoms with Gasteiger partial charge in [0.1, 0.15) is 0 Å². The lowest BCUT2D eigenvalue weighted by Crippen LogP contribution is -2.49. The average molecular weight is 328 g/mol. The van der Waals surface area contributed by atoms with E-state index in [0.717, 1.165) is 25.8 Å². The molecule has 1 aliphatic heterocycles. The second-order valence-electron chi connectivity index (χ2n) is 6.63. The van der Waals surface area contributed by atoms with Gasteiger partial charge in [0.2, 0.25) is 0 Å². The van der Waals surface area contributed by atoms with Crippen molar-refractivity contribution in [2.45, 2.75) is 77.7 Å². The Morgan fingerprint density at radius 3 is 2.43 bits per heavy atom. The molecule has 1 rings (SSSR count). The summed E-state index contributed by atoms with van der Waals surface area (Å²) < 4.78 is 4.94. The molecule has 1 fully saturated rings. The highest BCUT2D eigenvalue weighted by molar-refractivity contribution is 5.92. The SMILES string of the molecule is CCCCCCN(C)C(C[C@@H](C)CC)NC(=O)[C@H]1O[C@@H]1C(=O)O. The Kier molecular flexibility index (Phi) is 8.55. The molecule has 1 amide bonds. The van der Waals surface area contributed by atoms with Crippen LogP contribution in [0, 0.1) is 5.92 Å². The second kappa shape index (κ2) is 9.88. The van der Waals surface area contributed by atoms with E-state index in [4.69, 9.17) is 9.84 Å².